The number of carbonyl (C=O) groups excluding carboxylic acids is 3. The number of rotatable bonds is 13. The summed E-state index contributed by atoms with van der Waals surface area (Å²) < 4.78 is 27.0. The van der Waals surface area contributed by atoms with E-state index < -0.39 is 78.3 Å². The molecule has 0 radical (unpaired) electrons. The molecule has 2 aliphatic carbocycles. The van der Waals surface area contributed by atoms with Gasteiger partial charge in [0.1, 0.15) is 17.6 Å². The Morgan fingerprint density at radius 1 is 0.981 bits per heavy atom. The average molecular weight is 765 g/mol. The molecule has 0 aromatic heterocycles. The lowest BCUT2D eigenvalue weighted by molar-refractivity contribution is -0.147. The van der Waals surface area contributed by atoms with Gasteiger partial charge in [0.2, 0.25) is 21.8 Å². The molecule has 286 valence electrons. The quantitative estimate of drug-likeness (QED) is 0.212. The van der Waals surface area contributed by atoms with Gasteiger partial charge in [0.05, 0.1) is 10.00 Å². The molecule has 2 aromatic rings. The van der Waals surface area contributed by atoms with Crippen LogP contribution in [-0.2, 0) is 29.2 Å². The highest BCUT2D eigenvalue weighted by molar-refractivity contribution is 8.00. The molecule has 0 spiro atoms. The summed E-state index contributed by atoms with van der Waals surface area (Å²) in [6.45, 7) is 18.3. The molecule has 5 rings (SSSR count). The number of carboxylic acid groups (broad SMARTS) is 1. The molecule has 5 atom stereocenters. The Bertz CT molecular complexity index is 1870. The van der Waals surface area contributed by atoms with Gasteiger partial charge in [-0.25, -0.2) is 13.2 Å². The molecule has 0 unspecified atom stereocenters. The van der Waals surface area contributed by atoms with Gasteiger partial charge in [-0.2, -0.15) is 0 Å². The van der Waals surface area contributed by atoms with Crippen LogP contribution in [0.5, 0.6) is 0 Å². The lowest BCUT2D eigenvalue weighted by Crippen LogP contribution is -2.64. The zero-order valence-electron chi connectivity index (χ0n) is 31.4. The smallest absolute Gasteiger partial charge is 0.408 e. The van der Waals surface area contributed by atoms with E-state index in [9.17, 15) is 27.9 Å². The predicted molar refractivity (Wildman–Crippen MR) is 208 cm³/mol. The minimum Gasteiger partial charge on any atom is -0.465 e. The van der Waals surface area contributed by atoms with Crippen molar-refractivity contribution in [1.29, 1.82) is 0 Å². The molecule has 1 heterocycles. The van der Waals surface area contributed by atoms with Gasteiger partial charge in [0.15, 0.2) is 0 Å². The topological polar surface area (TPSA) is 153 Å². The van der Waals surface area contributed by atoms with Gasteiger partial charge in [-0.3, -0.25) is 24.0 Å². The van der Waals surface area contributed by atoms with Gasteiger partial charge in [0.25, 0.3) is 5.91 Å². The molecule has 3 N–H and O–H groups in total. The highest BCUT2D eigenvalue weighted by Gasteiger charge is 2.63. The Morgan fingerprint density at radius 3 is 2.08 bits per heavy atom. The molecule has 3 aliphatic rings. The van der Waals surface area contributed by atoms with Crippen molar-refractivity contribution >= 4 is 45.6 Å². The number of sulfonamides is 1. The fourth-order valence-electron chi connectivity index (χ4n) is 7.38. The van der Waals surface area contributed by atoms with Crippen molar-refractivity contribution in [3.63, 3.8) is 0 Å². The van der Waals surface area contributed by atoms with E-state index in [1.54, 1.807) is 47.6 Å². The number of benzene rings is 2. The van der Waals surface area contributed by atoms with Gasteiger partial charge < -0.3 is 15.3 Å². The van der Waals surface area contributed by atoms with E-state index in [0.717, 1.165) is 21.6 Å². The molecule has 4 amide bonds. The average Bonchev–Trinajstić information content (AvgIpc) is 4.02. The van der Waals surface area contributed by atoms with Crippen LogP contribution in [0, 0.1) is 11.3 Å². The lowest BCUT2D eigenvalue weighted by atomic mass is 9.82. The molecule has 2 aromatic carbocycles. The van der Waals surface area contributed by atoms with Crippen LogP contribution >= 0.6 is 11.8 Å². The van der Waals surface area contributed by atoms with Crippen LogP contribution in [0.2, 0.25) is 0 Å². The van der Waals surface area contributed by atoms with Crippen molar-refractivity contribution in [1.82, 2.24) is 19.8 Å². The molecule has 2 saturated carbocycles. The van der Waals surface area contributed by atoms with Gasteiger partial charge in [-0.05, 0) is 68.6 Å². The van der Waals surface area contributed by atoms with E-state index in [1.807, 2.05) is 54.6 Å². The highest BCUT2D eigenvalue weighted by atomic mass is 32.2. The Hall–Kier alpha value is -4.10. The van der Waals surface area contributed by atoms with Crippen LogP contribution < -0.4 is 10.0 Å². The van der Waals surface area contributed by atoms with Gasteiger partial charge in [0, 0.05) is 23.8 Å². The molecule has 1 aliphatic heterocycles. The number of thioether (sulfide) groups is 1. The van der Waals surface area contributed by atoms with Crippen LogP contribution in [0.3, 0.4) is 0 Å². The Labute approximate surface area is 317 Å². The highest BCUT2D eigenvalue weighted by Crippen LogP contribution is 2.50. The summed E-state index contributed by atoms with van der Waals surface area (Å²) in [5.41, 5.74) is -0.526. The summed E-state index contributed by atoms with van der Waals surface area (Å²) in [7, 11) is -3.91. The van der Waals surface area contributed by atoms with Crippen LogP contribution in [0.15, 0.2) is 79.9 Å². The first-order chi connectivity index (χ1) is 24.7. The van der Waals surface area contributed by atoms with E-state index in [-0.39, 0.29) is 19.4 Å². The standard InChI is InChI=1S/C40H52N4O7S2/c1-9-22-52-39(29-18-16-27(17-19-29)26-14-12-11-13-15-26)24-31(43(25-39)34(46)32(37(3,4)5)44(36(48)49)38(6,7)8)33(45)41-40(23-28(40)10-2)35(47)42-53(50,51)30-20-21-30/h9-19,28,30-32H,1-2,20-25H2,3-8H3,(H,41,45)(H,42,47)(H,48,49)/t28-,31+,32-,39+,40-/m1/s1. The van der Waals surface area contributed by atoms with Crippen molar-refractivity contribution in [3.8, 4) is 11.1 Å². The number of amides is 4. The first-order valence-electron chi connectivity index (χ1n) is 17.9. The zero-order valence-corrected chi connectivity index (χ0v) is 33.1. The van der Waals surface area contributed by atoms with Gasteiger partial charge >= 0.3 is 6.09 Å². The second-order valence-corrected chi connectivity index (χ2v) is 19.9. The fraction of sp³-hybridized carbons (Fsp3) is 0.500. The van der Waals surface area contributed by atoms with Crippen LogP contribution in [0.4, 0.5) is 4.79 Å². The lowest BCUT2D eigenvalue weighted by Gasteiger charge is -2.46. The predicted octanol–water partition coefficient (Wildman–Crippen LogP) is 5.93. The molecule has 0 bridgehead atoms. The van der Waals surface area contributed by atoms with Crippen molar-refractivity contribution in [2.24, 2.45) is 11.3 Å². The largest absolute Gasteiger partial charge is 0.465 e. The Balaban J connectivity index is 1.58. The van der Waals surface area contributed by atoms with E-state index in [4.69, 9.17) is 0 Å². The molecule has 13 heteroatoms. The van der Waals surface area contributed by atoms with E-state index in [2.05, 4.69) is 23.2 Å². The third-order valence-corrected chi connectivity index (χ3v) is 13.7. The minimum absolute atomic E-state index is 0.0669. The molecule has 1 saturated heterocycles. The van der Waals surface area contributed by atoms with E-state index >= 15 is 4.79 Å². The monoisotopic (exact) mass is 764 g/mol. The van der Waals surface area contributed by atoms with Crippen LogP contribution in [0.25, 0.3) is 11.1 Å². The maximum absolute atomic E-state index is 15.1. The molecular formula is C40H52N4O7S2. The number of nitrogens with zero attached hydrogens (tertiary/aromatic N) is 2. The van der Waals surface area contributed by atoms with Crippen molar-refractivity contribution in [2.75, 3.05) is 12.3 Å². The van der Waals surface area contributed by atoms with E-state index in [1.165, 1.54) is 22.7 Å². The Morgan fingerprint density at radius 2 is 1.58 bits per heavy atom. The minimum atomic E-state index is -3.91. The molecule has 3 fully saturated rings. The third kappa shape index (κ3) is 8.21. The number of hydrogen-bond donors (Lipinski definition) is 3. The van der Waals surface area contributed by atoms with Crippen molar-refractivity contribution < 1.29 is 32.7 Å². The molecule has 53 heavy (non-hydrogen) atoms. The maximum atomic E-state index is 15.1. The van der Waals surface area contributed by atoms with Crippen molar-refractivity contribution in [3.05, 3.63) is 85.5 Å². The second kappa shape index (κ2) is 14.6. The molecule has 11 nitrogen and oxygen atoms in total. The summed E-state index contributed by atoms with van der Waals surface area (Å²) in [5, 5.41) is 12.7. The first kappa shape index (κ1) is 40.1. The van der Waals surface area contributed by atoms with E-state index in [0.29, 0.717) is 18.6 Å². The van der Waals surface area contributed by atoms with Crippen LogP contribution in [0.1, 0.15) is 72.8 Å². The fourth-order valence-corrected chi connectivity index (χ4v) is 9.99. The second-order valence-electron chi connectivity index (χ2n) is 16.5. The zero-order chi connectivity index (χ0) is 39.1. The van der Waals surface area contributed by atoms with Gasteiger partial charge in [-0.1, -0.05) is 87.5 Å². The normalized spacial score (nSPS) is 24.8. The number of nitrogens with one attached hydrogen (secondary N) is 2. The Kier molecular flexibility index (Phi) is 11.1. The third-order valence-electron chi connectivity index (χ3n) is 10.4. The summed E-state index contributed by atoms with van der Waals surface area (Å²) in [4.78, 5) is 58.9. The summed E-state index contributed by atoms with van der Waals surface area (Å²) in [5.74, 6) is -2.04. The number of likely N-dealkylation sites (tertiary alicyclic amines) is 1. The summed E-state index contributed by atoms with van der Waals surface area (Å²) in [6, 6.07) is 15.6. The molecular weight excluding hydrogens is 713 g/mol. The number of hydrogen-bond acceptors (Lipinski definition) is 7. The first-order valence-corrected chi connectivity index (χ1v) is 20.5. The van der Waals surface area contributed by atoms with Gasteiger partial charge in [-0.15, -0.1) is 24.9 Å². The van der Waals surface area contributed by atoms with Crippen molar-refractivity contribution in [2.45, 2.75) is 100 Å². The van der Waals surface area contributed by atoms with Crippen LogP contribution in [-0.4, -0.2) is 87.8 Å². The number of carbonyl (C=O) groups is 4. The maximum Gasteiger partial charge on any atom is 0.408 e. The summed E-state index contributed by atoms with van der Waals surface area (Å²) >= 11 is 1.53. The summed E-state index contributed by atoms with van der Waals surface area (Å²) in [6.07, 6.45) is 3.21. The SMILES string of the molecule is C=CCS[C@@]1(c2ccc(-c3ccccc3)cc2)C[C@@H](C(=O)N[C@]2(C(=O)NS(=O)(=O)C3CC3)C[C@H]2C=C)N(C(=O)[C@@H](N(C(=O)O)C(C)(C)C)C(C)(C)C)C1.